The highest BCUT2D eigenvalue weighted by Crippen LogP contribution is 2.37. The van der Waals surface area contributed by atoms with Crippen LogP contribution in [0.25, 0.3) is 0 Å². The van der Waals surface area contributed by atoms with Gasteiger partial charge in [0.25, 0.3) is 5.91 Å². The van der Waals surface area contributed by atoms with Crippen molar-refractivity contribution < 1.29 is 36.2 Å². The van der Waals surface area contributed by atoms with Crippen LogP contribution in [-0.4, -0.2) is 31.2 Å². The zero-order valence-corrected chi connectivity index (χ0v) is 19.8. The van der Waals surface area contributed by atoms with E-state index >= 15 is 0 Å². The van der Waals surface area contributed by atoms with E-state index in [1.165, 1.54) is 36.4 Å². The summed E-state index contributed by atoms with van der Waals surface area (Å²) in [4.78, 5) is 12.2. The molecule has 2 N–H and O–H groups in total. The molecule has 180 valence electrons. The molecule has 0 aliphatic rings. The fourth-order valence-electron chi connectivity index (χ4n) is 2.79. The molecule has 3 aromatic rings. The Morgan fingerprint density at radius 1 is 1.09 bits per heavy atom. The number of benzene rings is 3. The topological polar surface area (TPSA) is 92.7 Å². The Bertz CT molecular complexity index is 1300. The number of halogens is 4. The van der Waals surface area contributed by atoms with E-state index in [2.05, 4.69) is 5.32 Å². The van der Waals surface area contributed by atoms with Gasteiger partial charge in [0.05, 0.1) is 10.7 Å². The second-order valence-corrected chi connectivity index (χ2v) is 10.6. The number of nitrogens with one attached hydrogen (secondary N) is 1. The van der Waals surface area contributed by atoms with Crippen LogP contribution in [-0.2, 0) is 16.4 Å². The van der Waals surface area contributed by atoms with Crippen LogP contribution in [0.4, 0.5) is 18.9 Å². The van der Waals surface area contributed by atoms with E-state index in [0.29, 0.717) is 11.3 Å². The summed E-state index contributed by atoms with van der Waals surface area (Å²) >= 11 is 5.79. The van der Waals surface area contributed by atoms with Gasteiger partial charge in [-0.2, -0.15) is 13.2 Å². The quantitative estimate of drug-likeness (QED) is 0.291. The first-order valence-electron chi connectivity index (χ1n) is 9.43. The first kappa shape index (κ1) is 25.7. The summed E-state index contributed by atoms with van der Waals surface area (Å²) in [5.74, 6) is -0.696. The number of ether oxygens (including phenoxy) is 1. The summed E-state index contributed by atoms with van der Waals surface area (Å²) in [6.07, 6.45) is 0.915. The third kappa shape index (κ3) is 7.05. The Morgan fingerprint density at radius 3 is 2.26 bits per heavy atom. The van der Waals surface area contributed by atoms with Crippen LogP contribution in [0.15, 0.2) is 70.5 Å². The molecule has 0 bridgehead atoms. The van der Waals surface area contributed by atoms with Gasteiger partial charge in [0.2, 0.25) is 0 Å². The van der Waals surface area contributed by atoms with Crippen LogP contribution in [0.3, 0.4) is 0 Å². The van der Waals surface area contributed by atoms with Gasteiger partial charge in [-0.15, -0.1) is 0 Å². The number of rotatable bonds is 7. The van der Waals surface area contributed by atoms with Crippen LogP contribution < -0.4 is 10.1 Å². The SMILES string of the molecule is CS(=O)(=O)c1cc(NC(=O)c2ccc(COc3ccc(SC(F)(F)F)cc3)cc2)c(Cl)cc1O. The van der Waals surface area contributed by atoms with Crippen LogP contribution in [0.2, 0.25) is 5.02 Å². The van der Waals surface area contributed by atoms with E-state index in [1.54, 1.807) is 12.1 Å². The lowest BCUT2D eigenvalue weighted by Crippen LogP contribution is -2.13. The maximum Gasteiger partial charge on any atom is 0.446 e. The van der Waals surface area contributed by atoms with Crippen LogP contribution in [0.5, 0.6) is 11.5 Å². The molecule has 0 unspecified atom stereocenters. The molecule has 0 aliphatic carbocycles. The zero-order valence-electron chi connectivity index (χ0n) is 17.4. The first-order chi connectivity index (χ1) is 15.8. The molecule has 0 aromatic heterocycles. The number of hydrogen-bond acceptors (Lipinski definition) is 6. The average molecular weight is 532 g/mol. The first-order valence-corrected chi connectivity index (χ1v) is 12.5. The van der Waals surface area contributed by atoms with Crippen LogP contribution in [0, 0.1) is 0 Å². The summed E-state index contributed by atoms with van der Waals surface area (Å²) in [7, 11) is -3.74. The van der Waals surface area contributed by atoms with Crippen LogP contribution >= 0.6 is 23.4 Å². The van der Waals surface area contributed by atoms with Crippen molar-refractivity contribution in [2.75, 3.05) is 11.6 Å². The van der Waals surface area contributed by atoms with Gasteiger partial charge in [-0.25, -0.2) is 8.42 Å². The molecule has 0 heterocycles. The van der Waals surface area contributed by atoms with Gasteiger partial charge in [0.15, 0.2) is 9.84 Å². The molecule has 0 saturated heterocycles. The number of phenolic OH excluding ortho intramolecular Hbond substituents is 1. The number of anilines is 1. The van der Waals surface area contributed by atoms with E-state index in [9.17, 15) is 31.5 Å². The monoisotopic (exact) mass is 531 g/mol. The van der Waals surface area contributed by atoms with Gasteiger partial charge in [-0.3, -0.25) is 4.79 Å². The van der Waals surface area contributed by atoms with Gasteiger partial charge < -0.3 is 15.2 Å². The highest BCUT2D eigenvalue weighted by Gasteiger charge is 2.29. The number of hydrogen-bond donors (Lipinski definition) is 2. The van der Waals surface area contributed by atoms with Crippen molar-refractivity contribution in [2.45, 2.75) is 21.9 Å². The molecule has 34 heavy (non-hydrogen) atoms. The number of aromatic hydroxyl groups is 1. The van der Waals surface area contributed by atoms with Gasteiger partial charge in [0.1, 0.15) is 23.0 Å². The van der Waals surface area contributed by atoms with E-state index < -0.39 is 27.0 Å². The minimum atomic E-state index is -4.36. The van der Waals surface area contributed by atoms with Gasteiger partial charge in [-0.05, 0) is 59.8 Å². The number of phenols is 1. The minimum absolute atomic E-state index is 0.0180. The fourth-order valence-corrected chi connectivity index (χ4v) is 4.30. The molecule has 0 fully saturated rings. The summed E-state index contributed by atoms with van der Waals surface area (Å²) < 4.78 is 66.3. The number of alkyl halides is 3. The third-order valence-electron chi connectivity index (χ3n) is 4.38. The van der Waals surface area contributed by atoms with Gasteiger partial charge in [0, 0.05) is 22.8 Å². The molecule has 0 saturated carbocycles. The number of amides is 1. The summed E-state index contributed by atoms with van der Waals surface area (Å²) in [5, 5.41) is 12.3. The fraction of sp³-hybridized carbons (Fsp3) is 0.136. The number of carbonyl (C=O) groups excluding carboxylic acids is 1. The molecule has 0 atom stereocenters. The average Bonchev–Trinajstić information content (AvgIpc) is 2.73. The predicted octanol–water partition coefficient (Wildman–Crippen LogP) is 5.89. The van der Waals surface area contributed by atoms with Crippen molar-refractivity contribution in [3.63, 3.8) is 0 Å². The van der Waals surface area contributed by atoms with Crippen molar-refractivity contribution in [3.05, 3.63) is 76.8 Å². The van der Waals surface area contributed by atoms with E-state index in [0.717, 1.165) is 18.4 Å². The molecule has 0 aliphatic heterocycles. The van der Waals surface area contributed by atoms with Gasteiger partial charge >= 0.3 is 5.51 Å². The highest BCUT2D eigenvalue weighted by molar-refractivity contribution is 8.00. The molecule has 6 nitrogen and oxygen atoms in total. The van der Waals surface area contributed by atoms with Crippen LogP contribution in [0.1, 0.15) is 15.9 Å². The van der Waals surface area contributed by atoms with Crippen molar-refractivity contribution >= 4 is 44.8 Å². The lowest BCUT2D eigenvalue weighted by atomic mass is 10.1. The Labute approximate surface area is 202 Å². The molecule has 0 spiro atoms. The molecule has 0 radical (unpaired) electrons. The van der Waals surface area contributed by atoms with Crippen molar-refractivity contribution in [2.24, 2.45) is 0 Å². The van der Waals surface area contributed by atoms with Crippen molar-refractivity contribution in [1.29, 1.82) is 0 Å². The molecule has 12 heteroatoms. The lowest BCUT2D eigenvalue weighted by molar-refractivity contribution is -0.0328. The number of thioether (sulfide) groups is 1. The van der Waals surface area contributed by atoms with E-state index in [1.807, 2.05) is 0 Å². The van der Waals surface area contributed by atoms with E-state index in [-0.39, 0.29) is 44.4 Å². The Hall–Kier alpha value is -2.89. The summed E-state index contributed by atoms with van der Waals surface area (Å²) in [6.45, 7) is 0.120. The maximum atomic E-state index is 12.5. The summed E-state index contributed by atoms with van der Waals surface area (Å²) in [5.41, 5.74) is -3.39. The molecular formula is C22H17ClF3NO5S2. The smallest absolute Gasteiger partial charge is 0.446 e. The zero-order chi connectivity index (χ0) is 25.1. The Morgan fingerprint density at radius 2 is 1.71 bits per heavy atom. The second-order valence-electron chi connectivity index (χ2n) is 7.03. The molecule has 3 aromatic carbocycles. The third-order valence-corrected chi connectivity index (χ3v) is 6.55. The predicted molar refractivity (Wildman–Crippen MR) is 123 cm³/mol. The Kier molecular flexibility index (Phi) is 7.69. The van der Waals surface area contributed by atoms with Gasteiger partial charge in [-0.1, -0.05) is 23.7 Å². The van der Waals surface area contributed by atoms with E-state index in [4.69, 9.17) is 16.3 Å². The van der Waals surface area contributed by atoms with Crippen molar-refractivity contribution in [1.82, 2.24) is 0 Å². The maximum absolute atomic E-state index is 12.5. The normalized spacial score (nSPS) is 11.8. The second kappa shape index (κ2) is 10.2. The lowest BCUT2D eigenvalue weighted by Gasteiger charge is -2.11. The molecular weight excluding hydrogens is 515 g/mol. The van der Waals surface area contributed by atoms with Crippen molar-refractivity contribution in [3.8, 4) is 11.5 Å². The summed E-state index contributed by atoms with van der Waals surface area (Å²) in [6, 6.07) is 13.9. The molecule has 1 amide bonds. The minimum Gasteiger partial charge on any atom is -0.507 e. The largest absolute Gasteiger partial charge is 0.507 e. The number of carbonyl (C=O) groups is 1. The standard InChI is InChI=1S/C22H17ClF3NO5S2/c1-34(30,31)20-11-18(17(23)10-19(20)28)27-21(29)14-4-2-13(3-5-14)12-32-15-6-8-16(9-7-15)33-22(24,25)26/h2-11,28H,12H2,1H3,(H,27,29). The highest BCUT2D eigenvalue weighted by atomic mass is 35.5. The molecule has 3 rings (SSSR count). The Balaban J connectivity index is 1.63. The number of sulfone groups is 1.